The summed E-state index contributed by atoms with van der Waals surface area (Å²) in [5.74, 6) is -0.901. The van der Waals surface area contributed by atoms with Gasteiger partial charge >= 0.3 is 17.9 Å². The van der Waals surface area contributed by atoms with Crippen molar-refractivity contribution >= 4 is 17.9 Å². The SMILES string of the molecule is CC/C=C\C/C=C\C/C=C\CCCCCCCC(=O)OCC(COC(=O)CCCCCCCCCCCCCCCCCCCCC/C=C\C/C=C\CCCCCCC)OC(=O)CCCCCCCC/C=C\C/C=C\C/C=C\CCCCC. The van der Waals surface area contributed by atoms with Gasteiger partial charge in [-0.1, -0.05) is 311 Å². The Morgan fingerprint density at radius 1 is 0.253 bits per heavy atom. The zero-order valence-corrected chi connectivity index (χ0v) is 54.9. The third-order valence-corrected chi connectivity index (χ3v) is 15.5. The van der Waals surface area contributed by atoms with Crippen LogP contribution in [0, 0.1) is 0 Å². The van der Waals surface area contributed by atoms with Crippen LogP contribution in [0.25, 0.3) is 0 Å². The minimum absolute atomic E-state index is 0.0863. The molecule has 83 heavy (non-hydrogen) atoms. The van der Waals surface area contributed by atoms with E-state index in [0.717, 1.165) is 128 Å². The molecular weight excluding hydrogens is 1020 g/mol. The summed E-state index contributed by atoms with van der Waals surface area (Å²) in [6.45, 7) is 6.50. The first-order valence-corrected chi connectivity index (χ1v) is 35.7. The van der Waals surface area contributed by atoms with Gasteiger partial charge in [-0.15, -0.1) is 0 Å². The van der Waals surface area contributed by atoms with E-state index in [4.69, 9.17) is 14.2 Å². The fourth-order valence-electron chi connectivity index (χ4n) is 10.2. The lowest BCUT2D eigenvalue weighted by atomic mass is 10.0. The predicted octanol–water partition coefficient (Wildman–Crippen LogP) is 24.8. The number of allylic oxidation sites excluding steroid dienone is 16. The Labute approximate surface area is 515 Å². The van der Waals surface area contributed by atoms with Crippen molar-refractivity contribution in [1.82, 2.24) is 0 Å². The first-order chi connectivity index (χ1) is 41.0. The molecule has 6 heteroatoms. The quantitative estimate of drug-likeness (QED) is 0.0261. The molecule has 1 atom stereocenters. The zero-order chi connectivity index (χ0) is 59.9. The first-order valence-electron chi connectivity index (χ1n) is 35.7. The number of ether oxygens (including phenoxy) is 3. The standard InChI is InChI=1S/C77H134O6/c1-4-7-10-13-16-19-22-25-28-30-32-33-34-35-36-37-38-39-40-41-42-43-45-46-49-52-55-58-61-64-67-70-76(79)82-73-74(72-81-75(78)69-66-63-60-57-54-51-48-27-24-21-18-15-12-9-6-3)83-77(80)71-68-65-62-59-56-53-50-47-44-31-29-26-23-20-17-14-11-8-5-2/h9,12,17-18,20-22,25-27,29-30,32,44,47-48,74H,4-8,10-11,13-16,19,23-24,28,31,33-43,45-46,49-73H2,1-3H3/b12-9-,20-17-,21-18-,25-22-,29-26-,32-30-,47-44-,48-27-. The molecule has 1 unspecified atom stereocenters. The Bertz CT molecular complexity index is 1610. The molecule has 0 N–H and O–H groups in total. The summed E-state index contributed by atoms with van der Waals surface area (Å²) in [6, 6.07) is 0. The van der Waals surface area contributed by atoms with Gasteiger partial charge in [0.2, 0.25) is 0 Å². The van der Waals surface area contributed by atoms with Gasteiger partial charge in [0.25, 0.3) is 0 Å². The number of hydrogen-bond donors (Lipinski definition) is 0. The Balaban J connectivity index is 4.25. The smallest absolute Gasteiger partial charge is 0.306 e. The van der Waals surface area contributed by atoms with Crippen LogP contribution in [0.4, 0.5) is 0 Å². The minimum atomic E-state index is -0.793. The second kappa shape index (κ2) is 70.8. The molecule has 0 aromatic rings. The highest BCUT2D eigenvalue weighted by molar-refractivity contribution is 5.71. The second-order valence-electron chi connectivity index (χ2n) is 23.8. The van der Waals surface area contributed by atoms with E-state index in [2.05, 4.69) is 118 Å². The second-order valence-corrected chi connectivity index (χ2v) is 23.8. The van der Waals surface area contributed by atoms with Crippen molar-refractivity contribution in [2.45, 2.75) is 361 Å². The molecule has 0 saturated heterocycles. The predicted molar refractivity (Wildman–Crippen MR) is 362 cm³/mol. The molecule has 0 bridgehead atoms. The van der Waals surface area contributed by atoms with Gasteiger partial charge in [0.15, 0.2) is 6.10 Å². The minimum Gasteiger partial charge on any atom is -0.462 e. The van der Waals surface area contributed by atoms with Crippen molar-refractivity contribution in [3.8, 4) is 0 Å². The van der Waals surface area contributed by atoms with Crippen LogP contribution >= 0.6 is 0 Å². The third kappa shape index (κ3) is 69.0. The van der Waals surface area contributed by atoms with Gasteiger partial charge in [0, 0.05) is 19.3 Å². The molecule has 0 rings (SSSR count). The molecule has 0 saturated carbocycles. The highest BCUT2D eigenvalue weighted by atomic mass is 16.6. The maximum absolute atomic E-state index is 12.9. The average Bonchev–Trinajstić information content (AvgIpc) is 3.50. The number of hydrogen-bond acceptors (Lipinski definition) is 6. The van der Waals surface area contributed by atoms with E-state index in [-0.39, 0.29) is 31.1 Å². The number of rotatable bonds is 65. The number of esters is 3. The van der Waals surface area contributed by atoms with Crippen molar-refractivity contribution < 1.29 is 28.6 Å². The van der Waals surface area contributed by atoms with E-state index in [1.165, 1.54) is 186 Å². The zero-order valence-electron chi connectivity index (χ0n) is 54.9. The molecule has 478 valence electrons. The van der Waals surface area contributed by atoms with Crippen molar-refractivity contribution in [3.63, 3.8) is 0 Å². The Kier molecular flexibility index (Phi) is 67.7. The van der Waals surface area contributed by atoms with Crippen molar-refractivity contribution in [1.29, 1.82) is 0 Å². The molecule has 0 aromatic heterocycles. The summed E-state index contributed by atoms with van der Waals surface area (Å²) in [7, 11) is 0. The van der Waals surface area contributed by atoms with Crippen LogP contribution in [-0.2, 0) is 28.6 Å². The lowest BCUT2D eigenvalue weighted by Crippen LogP contribution is -2.30. The lowest BCUT2D eigenvalue weighted by Gasteiger charge is -2.18. The largest absolute Gasteiger partial charge is 0.462 e. The van der Waals surface area contributed by atoms with Crippen LogP contribution in [0.5, 0.6) is 0 Å². The maximum atomic E-state index is 12.9. The molecule has 0 radical (unpaired) electrons. The van der Waals surface area contributed by atoms with E-state index >= 15 is 0 Å². The van der Waals surface area contributed by atoms with E-state index in [0.29, 0.717) is 19.3 Å². The molecule has 6 nitrogen and oxygen atoms in total. The molecule has 0 fully saturated rings. The number of carbonyl (C=O) groups excluding carboxylic acids is 3. The van der Waals surface area contributed by atoms with Crippen molar-refractivity contribution in [2.24, 2.45) is 0 Å². The van der Waals surface area contributed by atoms with Gasteiger partial charge in [-0.25, -0.2) is 0 Å². The van der Waals surface area contributed by atoms with Gasteiger partial charge in [-0.05, 0) is 122 Å². The Morgan fingerprint density at radius 3 is 0.759 bits per heavy atom. The summed E-state index contributed by atoms with van der Waals surface area (Å²) in [5.41, 5.74) is 0. The highest BCUT2D eigenvalue weighted by Gasteiger charge is 2.19. The van der Waals surface area contributed by atoms with Crippen LogP contribution in [-0.4, -0.2) is 37.2 Å². The first kappa shape index (κ1) is 79.3. The monoisotopic (exact) mass is 1160 g/mol. The van der Waals surface area contributed by atoms with Crippen LogP contribution in [0.2, 0.25) is 0 Å². The molecule has 0 aliphatic carbocycles. The fourth-order valence-corrected chi connectivity index (χ4v) is 10.2. The molecule has 0 spiro atoms. The van der Waals surface area contributed by atoms with Gasteiger partial charge in [-0.3, -0.25) is 14.4 Å². The van der Waals surface area contributed by atoms with E-state index in [1.807, 2.05) is 0 Å². The highest BCUT2D eigenvalue weighted by Crippen LogP contribution is 2.17. The van der Waals surface area contributed by atoms with Crippen molar-refractivity contribution in [3.05, 3.63) is 97.2 Å². The Hall–Kier alpha value is -3.67. The number of carbonyl (C=O) groups is 3. The van der Waals surface area contributed by atoms with Crippen LogP contribution in [0.1, 0.15) is 355 Å². The molecule has 0 aliphatic rings. The summed E-state index contributed by atoms with van der Waals surface area (Å²) in [5, 5.41) is 0. The third-order valence-electron chi connectivity index (χ3n) is 15.5. The summed E-state index contributed by atoms with van der Waals surface area (Å²) < 4.78 is 17.0. The fraction of sp³-hybridized carbons (Fsp3) is 0.753. The van der Waals surface area contributed by atoms with Gasteiger partial charge in [0.1, 0.15) is 13.2 Å². The maximum Gasteiger partial charge on any atom is 0.306 e. The van der Waals surface area contributed by atoms with E-state index < -0.39 is 6.10 Å². The lowest BCUT2D eigenvalue weighted by molar-refractivity contribution is -0.167. The Morgan fingerprint density at radius 2 is 0.470 bits per heavy atom. The summed E-state index contributed by atoms with van der Waals surface area (Å²) in [4.78, 5) is 38.4. The van der Waals surface area contributed by atoms with Gasteiger partial charge < -0.3 is 14.2 Å². The molecule has 0 heterocycles. The average molecular weight is 1160 g/mol. The van der Waals surface area contributed by atoms with Crippen LogP contribution < -0.4 is 0 Å². The number of unbranched alkanes of at least 4 members (excludes halogenated alkanes) is 38. The van der Waals surface area contributed by atoms with Crippen molar-refractivity contribution in [2.75, 3.05) is 13.2 Å². The summed E-state index contributed by atoms with van der Waals surface area (Å²) in [6.07, 6.45) is 95.8. The summed E-state index contributed by atoms with van der Waals surface area (Å²) >= 11 is 0. The topological polar surface area (TPSA) is 78.9 Å². The van der Waals surface area contributed by atoms with E-state index in [1.54, 1.807) is 0 Å². The molecule has 0 aromatic carbocycles. The van der Waals surface area contributed by atoms with Crippen LogP contribution in [0.3, 0.4) is 0 Å². The van der Waals surface area contributed by atoms with Gasteiger partial charge in [0.05, 0.1) is 0 Å². The molecule has 0 aliphatic heterocycles. The van der Waals surface area contributed by atoms with Gasteiger partial charge in [-0.2, -0.15) is 0 Å². The molecule has 0 amide bonds. The van der Waals surface area contributed by atoms with Crippen LogP contribution in [0.15, 0.2) is 97.2 Å². The van der Waals surface area contributed by atoms with E-state index in [9.17, 15) is 14.4 Å². The molecular formula is C77H134O6. The normalized spacial score (nSPS) is 12.7.